The zero-order valence-corrected chi connectivity index (χ0v) is 21.5. The normalized spacial score (nSPS) is 34.1. The van der Waals surface area contributed by atoms with Crippen molar-refractivity contribution >= 4 is 11.0 Å². The van der Waals surface area contributed by atoms with Crippen LogP contribution in [0.2, 0.25) is 0 Å². The van der Waals surface area contributed by atoms with Gasteiger partial charge in [0.2, 0.25) is 0 Å². The molecule has 2 saturated heterocycles. The molecule has 3 aromatic rings. The van der Waals surface area contributed by atoms with Crippen molar-refractivity contribution in [3.8, 4) is 28.6 Å². The van der Waals surface area contributed by atoms with Crippen molar-refractivity contribution in [2.75, 3.05) is 6.61 Å². The van der Waals surface area contributed by atoms with Crippen LogP contribution in [0.3, 0.4) is 0 Å². The van der Waals surface area contributed by atoms with E-state index in [4.69, 9.17) is 13.9 Å². The second-order valence-electron chi connectivity index (χ2n) is 10.2. The van der Waals surface area contributed by atoms with Crippen LogP contribution in [0, 0.1) is 0 Å². The molecule has 0 aliphatic carbocycles. The fraction of sp³-hybridized carbons (Fsp3) is 0.444. The van der Waals surface area contributed by atoms with Crippen LogP contribution in [0.25, 0.3) is 22.3 Å². The summed E-state index contributed by atoms with van der Waals surface area (Å²) in [7, 11) is 0. The summed E-state index contributed by atoms with van der Waals surface area (Å²) in [4.78, 5) is 13.4. The minimum Gasteiger partial charge on any atom is -0.508 e. The van der Waals surface area contributed by atoms with Gasteiger partial charge in [0.1, 0.15) is 83.3 Å². The summed E-state index contributed by atoms with van der Waals surface area (Å²) >= 11 is 0. The highest BCUT2D eigenvalue weighted by Gasteiger charge is 2.49. The molecule has 0 spiro atoms. The highest BCUT2D eigenvalue weighted by Crippen LogP contribution is 2.50. The molecule has 222 valence electrons. The molecule has 2 aliphatic rings. The van der Waals surface area contributed by atoms with Crippen molar-refractivity contribution in [3.63, 3.8) is 0 Å². The minimum absolute atomic E-state index is 0.0774. The zero-order valence-electron chi connectivity index (χ0n) is 21.5. The fourth-order valence-corrected chi connectivity index (χ4v) is 5.34. The second kappa shape index (κ2) is 10.8. The van der Waals surface area contributed by atoms with E-state index in [2.05, 4.69) is 0 Å². The van der Waals surface area contributed by atoms with E-state index in [1.165, 1.54) is 31.2 Å². The molecule has 2 fully saturated rings. The van der Waals surface area contributed by atoms with Gasteiger partial charge in [-0.05, 0) is 31.2 Å². The third-order valence-electron chi connectivity index (χ3n) is 7.66. The number of rotatable bonds is 4. The molecular formula is C27H30O14. The number of aromatic hydroxyl groups is 3. The molecular weight excluding hydrogens is 548 g/mol. The SMILES string of the molecule is C[C@H]1O[C@@H](c2c(O)c([C@@H]3O[C@H](CO)[C@H](O)[C@H](O)[C@H]3O)c3oc(-c4ccc(O)cc4)cc(=O)c3c2O)[C@H](O)[C@@H](O)[C@@H]1O. The highest BCUT2D eigenvalue weighted by molar-refractivity contribution is 5.92. The first kappa shape index (κ1) is 29.2. The topological polar surface area (TPSA) is 251 Å². The predicted octanol–water partition coefficient (Wildman–Crippen LogP) is -1.37. The van der Waals surface area contributed by atoms with Crippen molar-refractivity contribution in [2.45, 2.75) is 68.0 Å². The maximum absolute atomic E-state index is 13.4. The van der Waals surface area contributed by atoms with Crippen LogP contribution in [0.1, 0.15) is 30.3 Å². The summed E-state index contributed by atoms with van der Waals surface area (Å²) in [5.41, 5.74) is -2.20. The molecule has 0 amide bonds. The van der Waals surface area contributed by atoms with Crippen LogP contribution in [0.15, 0.2) is 39.5 Å². The number of phenols is 3. The number of aliphatic hydroxyl groups excluding tert-OH is 7. The third kappa shape index (κ3) is 4.72. The van der Waals surface area contributed by atoms with Gasteiger partial charge < -0.3 is 65.0 Å². The van der Waals surface area contributed by atoms with Crippen LogP contribution in [-0.4, -0.2) is 107 Å². The molecule has 10 N–H and O–H groups in total. The Kier molecular flexibility index (Phi) is 7.71. The molecule has 1 aromatic heterocycles. The second-order valence-corrected chi connectivity index (χ2v) is 10.2. The van der Waals surface area contributed by atoms with Gasteiger partial charge in [-0.2, -0.15) is 0 Å². The molecule has 0 bridgehead atoms. The Morgan fingerprint density at radius 3 is 1.93 bits per heavy atom. The standard InChI is InChI=1S/C27H30O14/c1-8-17(31)21(35)23(37)26(39-8)15-19(33)14-11(30)6-12(9-2-4-10(29)5-3-9)40-25(14)16(20(15)34)27-24(38)22(36)18(32)13(7-28)41-27/h2-6,8,13,17-18,21-24,26-29,31-38H,7H2,1H3/t8-,13-,17-,18+,21+,22+,23-,24-,26+,27+/m1/s1. The summed E-state index contributed by atoms with van der Waals surface area (Å²) in [5, 5.41) is 104. The number of hydrogen-bond acceptors (Lipinski definition) is 14. The molecule has 14 heteroatoms. The maximum atomic E-state index is 13.4. The predicted molar refractivity (Wildman–Crippen MR) is 137 cm³/mol. The monoisotopic (exact) mass is 578 g/mol. The molecule has 3 heterocycles. The Bertz CT molecular complexity index is 1480. The molecule has 2 aliphatic heterocycles. The lowest BCUT2D eigenvalue weighted by molar-refractivity contribution is -0.232. The van der Waals surface area contributed by atoms with Gasteiger partial charge in [0, 0.05) is 11.6 Å². The Balaban J connectivity index is 1.82. The Hall–Kier alpha value is -3.31. The Morgan fingerprint density at radius 2 is 1.32 bits per heavy atom. The fourth-order valence-electron chi connectivity index (χ4n) is 5.34. The number of hydrogen-bond donors (Lipinski definition) is 10. The van der Waals surface area contributed by atoms with E-state index in [1.54, 1.807) is 0 Å². The molecule has 0 saturated carbocycles. The minimum atomic E-state index is -1.97. The van der Waals surface area contributed by atoms with Gasteiger partial charge >= 0.3 is 0 Å². The van der Waals surface area contributed by atoms with Gasteiger partial charge in [0.05, 0.1) is 23.8 Å². The summed E-state index contributed by atoms with van der Waals surface area (Å²) < 4.78 is 17.2. The van der Waals surface area contributed by atoms with Crippen molar-refractivity contribution in [3.05, 3.63) is 51.7 Å². The van der Waals surface area contributed by atoms with Gasteiger partial charge in [0.25, 0.3) is 0 Å². The number of aliphatic hydroxyl groups is 7. The van der Waals surface area contributed by atoms with Gasteiger partial charge in [-0.1, -0.05) is 0 Å². The van der Waals surface area contributed by atoms with Crippen LogP contribution >= 0.6 is 0 Å². The number of fused-ring (bicyclic) bond motifs is 1. The van der Waals surface area contributed by atoms with E-state index in [0.29, 0.717) is 5.56 Å². The van der Waals surface area contributed by atoms with E-state index in [-0.39, 0.29) is 11.5 Å². The van der Waals surface area contributed by atoms with Crippen LogP contribution in [-0.2, 0) is 9.47 Å². The number of ether oxygens (including phenoxy) is 2. The van der Waals surface area contributed by atoms with E-state index in [9.17, 15) is 55.9 Å². The molecule has 0 unspecified atom stereocenters. The van der Waals surface area contributed by atoms with Crippen LogP contribution in [0.4, 0.5) is 0 Å². The number of phenolic OH excluding ortho intramolecular Hbond substituents is 3. The van der Waals surface area contributed by atoms with Gasteiger partial charge in [-0.15, -0.1) is 0 Å². The van der Waals surface area contributed by atoms with E-state index >= 15 is 0 Å². The lowest BCUT2D eigenvalue weighted by atomic mass is 9.85. The Labute approximate surface area is 231 Å². The average Bonchev–Trinajstić information content (AvgIpc) is 2.94. The van der Waals surface area contributed by atoms with Crippen molar-refractivity contribution < 1.29 is 65.0 Å². The maximum Gasteiger partial charge on any atom is 0.197 e. The summed E-state index contributed by atoms with van der Waals surface area (Å²) in [6.07, 6.45) is -16.9. The molecule has 10 atom stereocenters. The average molecular weight is 579 g/mol. The van der Waals surface area contributed by atoms with Crippen molar-refractivity contribution in [2.24, 2.45) is 0 Å². The summed E-state index contributed by atoms with van der Waals surface area (Å²) in [5.74, 6) is -2.01. The summed E-state index contributed by atoms with van der Waals surface area (Å²) in [6, 6.07) is 6.48. The molecule has 41 heavy (non-hydrogen) atoms. The summed E-state index contributed by atoms with van der Waals surface area (Å²) in [6.45, 7) is 0.540. The van der Waals surface area contributed by atoms with E-state index < -0.39 is 107 Å². The quantitative estimate of drug-likeness (QED) is 0.172. The highest BCUT2D eigenvalue weighted by atomic mass is 16.5. The van der Waals surface area contributed by atoms with Crippen LogP contribution < -0.4 is 5.43 Å². The Morgan fingerprint density at radius 1 is 0.732 bits per heavy atom. The first-order valence-electron chi connectivity index (χ1n) is 12.7. The molecule has 2 aromatic carbocycles. The first-order valence-corrected chi connectivity index (χ1v) is 12.7. The molecule has 14 nitrogen and oxygen atoms in total. The first-order chi connectivity index (χ1) is 19.4. The largest absolute Gasteiger partial charge is 0.508 e. The lowest BCUT2D eigenvalue weighted by Gasteiger charge is -2.42. The third-order valence-corrected chi connectivity index (χ3v) is 7.66. The lowest BCUT2D eigenvalue weighted by Crippen LogP contribution is -2.55. The van der Waals surface area contributed by atoms with Crippen molar-refractivity contribution in [1.29, 1.82) is 0 Å². The van der Waals surface area contributed by atoms with Crippen molar-refractivity contribution in [1.82, 2.24) is 0 Å². The van der Waals surface area contributed by atoms with E-state index in [0.717, 1.165) is 6.07 Å². The smallest absolute Gasteiger partial charge is 0.197 e. The molecule has 5 rings (SSSR count). The van der Waals surface area contributed by atoms with E-state index in [1.807, 2.05) is 0 Å². The van der Waals surface area contributed by atoms with Gasteiger partial charge in [-0.25, -0.2) is 0 Å². The van der Waals surface area contributed by atoms with Gasteiger partial charge in [0.15, 0.2) is 11.0 Å². The molecule has 0 radical (unpaired) electrons. The van der Waals surface area contributed by atoms with Crippen LogP contribution in [0.5, 0.6) is 17.2 Å². The zero-order chi connectivity index (χ0) is 29.9. The van der Waals surface area contributed by atoms with Gasteiger partial charge in [-0.3, -0.25) is 4.79 Å². The number of benzene rings is 2.